The Morgan fingerprint density at radius 1 is 0.971 bits per heavy atom. The number of benzene rings is 3. The van der Waals surface area contributed by atoms with Crippen LogP contribution in [0.25, 0.3) is 10.8 Å². The van der Waals surface area contributed by atoms with Gasteiger partial charge >= 0.3 is 0 Å². The van der Waals surface area contributed by atoms with Gasteiger partial charge in [0.2, 0.25) is 0 Å². The zero-order chi connectivity index (χ0) is 24.5. The van der Waals surface area contributed by atoms with Gasteiger partial charge in [0.15, 0.2) is 5.82 Å². The monoisotopic (exact) mass is 469 g/mol. The van der Waals surface area contributed by atoms with Crippen LogP contribution in [0.4, 0.5) is 11.4 Å². The van der Waals surface area contributed by atoms with Crippen molar-refractivity contribution in [2.75, 3.05) is 23.7 Å². The molecule has 0 amide bonds. The highest BCUT2D eigenvalue weighted by molar-refractivity contribution is 5.86. The third-order valence-electron chi connectivity index (χ3n) is 5.49. The summed E-state index contributed by atoms with van der Waals surface area (Å²) in [6.07, 6.45) is 4.44. The molecule has 0 saturated carbocycles. The van der Waals surface area contributed by atoms with E-state index in [9.17, 15) is 15.2 Å². The lowest BCUT2D eigenvalue weighted by Crippen LogP contribution is -2.23. The van der Waals surface area contributed by atoms with Crippen molar-refractivity contribution < 1.29 is 10.0 Å². The van der Waals surface area contributed by atoms with Crippen molar-refractivity contribution in [1.82, 2.24) is 10.3 Å². The minimum atomic E-state index is -0.600. The highest BCUT2D eigenvalue weighted by Gasteiger charge is 2.08. The molecule has 0 aliphatic rings. The first-order valence-electron chi connectivity index (χ1n) is 11.3. The topological polar surface area (TPSA) is 112 Å². The Morgan fingerprint density at radius 2 is 1.71 bits per heavy atom. The molecule has 0 radical (unpaired) electrons. The second-order valence-electron chi connectivity index (χ2n) is 8.09. The van der Waals surface area contributed by atoms with Gasteiger partial charge in [0, 0.05) is 35.9 Å². The van der Waals surface area contributed by atoms with E-state index in [0.29, 0.717) is 13.1 Å². The lowest BCUT2D eigenvalue weighted by Gasteiger charge is -2.13. The average molecular weight is 470 g/mol. The number of fused-ring (bicyclic) bond motifs is 1. The summed E-state index contributed by atoms with van der Waals surface area (Å²) in [5, 5.41) is 32.9. The van der Waals surface area contributed by atoms with Gasteiger partial charge in [-0.1, -0.05) is 48.5 Å². The number of pyridine rings is 1. The third-order valence-corrected chi connectivity index (χ3v) is 5.49. The maximum atomic E-state index is 11.2. The zero-order valence-corrected chi connectivity index (χ0v) is 19.1. The average Bonchev–Trinajstić information content (AvgIpc) is 2.87. The molecule has 178 valence electrons. The molecule has 0 unspecified atom stereocenters. The van der Waals surface area contributed by atoms with Crippen molar-refractivity contribution in [3.63, 3.8) is 0 Å². The molecule has 4 aromatic rings. The molecule has 0 fully saturated rings. The van der Waals surface area contributed by atoms with Gasteiger partial charge in [-0.15, -0.1) is 0 Å². The van der Waals surface area contributed by atoms with E-state index in [0.717, 1.165) is 45.9 Å². The molecule has 0 aliphatic carbocycles. The lowest BCUT2D eigenvalue weighted by molar-refractivity contribution is -0.403. The number of nitrogens with zero attached hydrogens (tertiary/aromatic N) is 2. The Bertz CT molecular complexity index is 1290. The highest BCUT2D eigenvalue weighted by Crippen LogP contribution is 2.21. The molecule has 1 heterocycles. The van der Waals surface area contributed by atoms with Crippen LogP contribution in [0, 0.1) is 10.1 Å². The minimum absolute atomic E-state index is 0.268. The first-order valence-corrected chi connectivity index (χ1v) is 11.3. The van der Waals surface area contributed by atoms with Crippen LogP contribution in [-0.2, 0) is 6.42 Å². The second kappa shape index (κ2) is 11.7. The highest BCUT2D eigenvalue weighted by atomic mass is 16.6. The first-order chi connectivity index (χ1) is 17.1. The smallest absolute Gasteiger partial charge is 0.274 e. The first kappa shape index (κ1) is 23.9. The largest absolute Gasteiger partial charge is 0.387 e. The van der Waals surface area contributed by atoms with Crippen molar-refractivity contribution in [3.8, 4) is 0 Å². The molecule has 8 nitrogen and oxygen atoms in total. The Balaban J connectivity index is 1.31. The van der Waals surface area contributed by atoms with E-state index in [-0.39, 0.29) is 5.82 Å². The normalized spacial score (nSPS) is 12.3. The summed E-state index contributed by atoms with van der Waals surface area (Å²) >= 11 is 0. The number of aromatic nitrogens is 1. The molecule has 4 rings (SSSR count). The number of hydrogen-bond donors (Lipinski definition) is 4. The zero-order valence-electron chi connectivity index (χ0n) is 19.1. The molecule has 0 aliphatic heterocycles. The summed E-state index contributed by atoms with van der Waals surface area (Å²) in [4.78, 5) is 14.7. The summed E-state index contributed by atoms with van der Waals surface area (Å²) in [6, 6.07) is 25.1. The molecule has 35 heavy (non-hydrogen) atoms. The number of anilines is 2. The van der Waals surface area contributed by atoms with Gasteiger partial charge in [0.05, 0.1) is 11.0 Å². The molecule has 0 saturated heterocycles. The Kier molecular flexibility index (Phi) is 8.00. The quantitative estimate of drug-likeness (QED) is 0.143. The summed E-state index contributed by atoms with van der Waals surface area (Å²) in [5.74, 6) is 0.268. The van der Waals surface area contributed by atoms with Crippen molar-refractivity contribution >= 4 is 22.1 Å². The molecule has 0 spiro atoms. The van der Waals surface area contributed by atoms with E-state index >= 15 is 0 Å². The van der Waals surface area contributed by atoms with Gasteiger partial charge in [0.25, 0.3) is 6.20 Å². The van der Waals surface area contributed by atoms with Crippen molar-refractivity contribution in [1.29, 1.82) is 0 Å². The van der Waals surface area contributed by atoms with E-state index in [1.165, 1.54) is 0 Å². The van der Waals surface area contributed by atoms with Crippen LogP contribution >= 0.6 is 0 Å². The van der Waals surface area contributed by atoms with Gasteiger partial charge in [0.1, 0.15) is 0 Å². The van der Waals surface area contributed by atoms with Crippen LogP contribution in [0.5, 0.6) is 0 Å². The Labute approximate surface area is 203 Å². The van der Waals surface area contributed by atoms with E-state index in [1.807, 2.05) is 72.8 Å². The number of rotatable bonds is 11. The number of nitro groups is 1. The molecule has 1 atom stereocenters. The molecule has 1 aromatic heterocycles. The van der Waals surface area contributed by atoms with E-state index in [4.69, 9.17) is 0 Å². The Hall–Kier alpha value is -4.27. The minimum Gasteiger partial charge on any atom is -0.387 e. The van der Waals surface area contributed by atoms with Crippen LogP contribution in [0.3, 0.4) is 0 Å². The number of aliphatic hydroxyl groups excluding tert-OH is 1. The fourth-order valence-electron chi connectivity index (χ4n) is 3.70. The molecular formula is C27H27N5O3. The molecular weight excluding hydrogens is 442 g/mol. The Morgan fingerprint density at radius 3 is 2.46 bits per heavy atom. The molecule has 0 bridgehead atoms. The fraction of sp³-hybridized carbons (Fsp3) is 0.148. The summed E-state index contributed by atoms with van der Waals surface area (Å²) in [5.41, 5.74) is 3.38. The summed E-state index contributed by atoms with van der Waals surface area (Å²) < 4.78 is 0. The SMILES string of the molecule is O=[N+]([O-])/C=C(\Nc1ccc(CCNC[C@H](O)c2cccnc2)cc1)Nc1ccc2ccccc2c1. The van der Waals surface area contributed by atoms with Crippen molar-refractivity contribution in [3.05, 3.63) is 125 Å². The fourth-order valence-corrected chi connectivity index (χ4v) is 3.70. The van der Waals surface area contributed by atoms with Crippen LogP contribution < -0.4 is 16.0 Å². The number of aliphatic hydroxyl groups is 1. The second-order valence-corrected chi connectivity index (χ2v) is 8.09. The number of hydrogen-bond acceptors (Lipinski definition) is 7. The van der Waals surface area contributed by atoms with Gasteiger partial charge in [-0.3, -0.25) is 15.1 Å². The van der Waals surface area contributed by atoms with Gasteiger partial charge < -0.3 is 21.1 Å². The van der Waals surface area contributed by atoms with Crippen LogP contribution in [-0.4, -0.2) is 28.1 Å². The van der Waals surface area contributed by atoms with Crippen LogP contribution in [0.2, 0.25) is 0 Å². The summed E-state index contributed by atoms with van der Waals surface area (Å²) in [6.45, 7) is 1.15. The van der Waals surface area contributed by atoms with Crippen molar-refractivity contribution in [2.45, 2.75) is 12.5 Å². The predicted molar refractivity (Wildman–Crippen MR) is 138 cm³/mol. The van der Waals surface area contributed by atoms with Crippen molar-refractivity contribution in [2.24, 2.45) is 0 Å². The van der Waals surface area contributed by atoms with Crippen LogP contribution in [0.15, 0.2) is 103 Å². The number of nitrogens with one attached hydrogen (secondary N) is 3. The van der Waals surface area contributed by atoms with Crippen LogP contribution in [0.1, 0.15) is 17.2 Å². The third kappa shape index (κ3) is 7.10. The maximum Gasteiger partial charge on any atom is 0.274 e. The standard InChI is InChI=1S/C27H27N5O3/c33-26(23-6-3-14-28-17-23)18-29-15-13-20-7-10-24(11-8-20)30-27(19-32(34)35)31-25-12-9-21-4-1-2-5-22(21)16-25/h1-12,14,16-17,19,26,29-31,33H,13,15,18H2/b27-19+/t26-/m0/s1. The van der Waals surface area contributed by atoms with E-state index < -0.39 is 11.0 Å². The van der Waals surface area contributed by atoms with Gasteiger partial charge in [-0.05, 0) is 59.6 Å². The maximum absolute atomic E-state index is 11.2. The van der Waals surface area contributed by atoms with E-state index in [2.05, 4.69) is 20.9 Å². The summed E-state index contributed by atoms with van der Waals surface area (Å²) in [7, 11) is 0. The van der Waals surface area contributed by atoms with Gasteiger partial charge in [-0.25, -0.2) is 0 Å². The predicted octanol–water partition coefficient (Wildman–Crippen LogP) is 4.70. The van der Waals surface area contributed by atoms with E-state index in [1.54, 1.807) is 18.5 Å². The molecule has 4 N–H and O–H groups in total. The van der Waals surface area contributed by atoms with Gasteiger partial charge in [-0.2, -0.15) is 0 Å². The molecule has 3 aromatic carbocycles. The lowest BCUT2D eigenvalue weighted by atomic mass is 10.1. The molecule has 8 heteroatoms.